The van der Waals surface area contributed by atoms with E-state index in [0.29, 0.717) is 0 Å². The number of likely N-dealkylation sites (tertiary alicyclic amines) is 2. The molecule has 5 nitrogen and oxygen atoms in total. The molecule has 18 heavy (non-hydrogen) atoms. The molecule has 2 aliphatic rings. The van der Waals surface area contributed by atoms with E-state index in [1.807, 2.05) is 6.92 Å². The van der Waals surface area contributed by atoms with Gasteiger partial charge in [-0.2, -0.15) is 0 Å². The fraction of sp³-hybridized carbons (Fsp3) is 0.923. The summed E-state index contributed by atoms with van der Waals surface area (Å²) in [5.41, 5.74) is 2.24. The molecule has 2 aliphatic heterocycles. The maximum Gasteiger partial charge on any atom is 0.250 e. The average molecular weight is 254 g/mol. The van der Waals surface area contributed by atoms with Crippen molar-refractivity contribution in [3.05, 3.63) is 0 Å². The Morgan fingerprint density at radius 3 is 2.44 bits per heavy atom. The number of carbonyl (C=O) groups is 1. The van der Waals surface area contributed by atoms with Gasteiger partial charge in [-0.3, -0.25) is 15.1 Å². The van der Waals surface area contributed by atoms with Gasteiger partial charge in [-0.05, 0) is 64.7 Å². The van der Waals surface area contributed by atoms with E-state index in [4.69, 9.17) is 5.84 Å². The molecule has 3 N–H and O–H groups in total. The van der Waals surface area contributed by atoms with Gasteiger partial charge in [0.25, 0.3) is 5.91 Å². The van der Waals surface area contributed by atoms with Crippen molar-refractivity contribution in [1.82, 2.24) is 15.2 Å². The zero-order valence-corrected chi connectivity index (χ0v) is 11.4. The maximum atomic E-state index is 11.5. The van der Waals surface area contributed by atoms with Crippen molar-refractivity contribution >= 4 is 5.91 Å². The number of rotatable bonds is 4. The average Bonchev–Trinajstić information content (AvgIpc) is 2.91. The van der Waals surface area contributed by atoms with Crippen LogP contribution in [0.15, 0.2) is 0 Å². The molecule has 104 valence electrons. The second-order valence-corrected chi connectivity index (χ2v) is 5.67. The summed E-state index contributed by atoms with van der Waals surface area (Å²) in [6.07, 6.45) is 5.15. The summed E-state index contributed by atoms with van der Waals surface area (Å²) < 4.78 is 0. The van der Waals surface area contributed by atoms with E-state index in [-0.39, 0.29) is 11.9 Å². The summed E-state index contributed by atoms with van der Waals surface area (Å²) in [7, 11) is 0. The summed E-state index contributed by atoms with van der Waals surface area (Å²) in [6, 6.07) is -0.0947. The van der Waals surface area contributed by atoms with Crippen LogP contribution in [0.2, 0.25) is 0 Å². The van der Waals surface area contributed by atoms with Crippen LogP contribution < -0.4 is 11.3 Å². The topological polar surface area (TPSA) is 61.6 Å². The van der Waals surface area contributed by atoms with Crippen molar-refractivity contribution in [2.75, 3.05) is 32.7 Å². The molecular weight excluding hydrogens is 228 g/mol. The number of nitrogens with zero attached hydrogens (tertiary/aromatic N) is 2. The molecule has 5 heteroatoms. The lowest BCUT2D eigenvalue weighted by molar-refractivity contribution is -0.126. The smallest absolute Gasteiger partial charge is 0.250 e. The molecule has 0 spiro atoms. The SMILES string of the molecule is CC(C(=O)NN)N1CCC(CN2CCCC2)CC1. The maximum absolute atomic E-state index is 11.5. The molecule has 2 rings (SSSR count). The summed E-state index contributed by atoms with van der Waals surface area (Å²) in [5.74, 6) is 5.92. The minimum atomic E-state index is -0.0947. The second kappa shape index (κ2) is 6.50. The molecule has 0 aromatic carbocycles. The Morgan fingerprint density at radius 1 is 1.28 bits per heavy atom. The van der Waals surface area contributed by atoms with Crippen LogP contribution in [-0.2, 0) is 4.79 Å². The number of nitrogens with one attached hydrogen (secondary N) is 1. The van der Waals surface area contributed by atoms with Crippen molar-refractivity contribution in [2.45, 2.75) is 38.6 Å². The van der Waals surface area contributed by atoms with E-state index in [1.165, 1.54) is 45.3 Å². The largest absolute Gasteiger partial charge is 0.303 e. The van der Waals surface area contributed by atoms with Crippen molar-refractivity contribution in [3.63, 3.8) is 0 Å². The van der Waals surface area contributed by atoms with E-state index in [2.05, 4.69) is 15.2 Å². The van der Waals surface area contributed by atoms with Crippen molar-refractivity contribution in [1.29, 1.82) is 0 Å². The number of hydrazine groups is 1. The van der Waals surface area contributed by atoms with Crippen LogP contribution in [0.25, 0.3) is 0 Å². The molecule has 0 saturated carbocycles. The van der Waals surface area contributed by atoms with Gasteiger partial charge in [0.05, 0.1) is 6.04 Å². The number of piperidine rings is 1. The Labute approximate surface area is 110 Å². The van der Waals surface area contributed by atoms with Gasteiger partial charge in [-0.1, -0.05) is 0 Å². The van der Waals surface area contributed by atoms with E-state index in [1.54, 1.807) is 0 Å². The van der Waals surface area contributed by atoms with Crippen LogP contribution in [0.3, 0.4) is 0 Å². The van der Waals surface area contributed by atoms with Crippen LogP contribution in [-0.4, -0.2) is 54.5 Å². The molecule has 0 aliphatic carbocycles. The number of carbonyl (C=O) groups excluding carboxylic acids is 1. The van der Waals surface area contributed by atoms with Gasteiger partial charge in [-0.25, -0.2) is 5.84 Å². The monoisotopic (exact) mass is 254 g/mol. The molecular formula is C13H26N4O. The van der Waals surface area contributed by atoms with Crippen LogP contribution in [0, 0.1) is 5.92 Å². The molecule has 1 atom stereocenters. The molecule has 0 bridgehead atoms. The fourth-order valence-electron chi connectivity index (χ4n) is 3.14. The highest BCUT2D eigenvalue weighted by atomic mass is 16.2. The highest BCUT2D eigenvalue weighted by Gasteiger charge is 2.27. The molecule has 2 saturated heterocycles. The predicted molar refractivity (Wildman–Crippen MR) is 71.8 cm³/mol. The molecule has 2 heterocycles. The molecule has 2 fully saturated rings. The molecule has 1 unspecified atom stereocenters. The van der Waals surface area contributed by atoms with E-state index >= 15 is 0 Å². The van der Waals surface area contributed by atoms with E-state index < -0.39 is 0 Å². The quantitative estimate of drug-likeness (QED) is 0.427. The van der Waals surface area contributed by atoms with Gasteiger partial charge in [-0.15, -0.1) is 0 Å². The number of hydrogen-bond donors (Lipinski definition) is 2. The first kappa shape index (κ1) is 13.8. The van der Waals surface area contributed by atoms with Gasteiger partial charge in [0.15, 0.2) is 0 Å². The number of hydrogen-bond acceptors (Lipinski definition) is 4. The van der Waals surface area contributed by atoms with Crippen LogP contribution >= 0.6 is 0 Å². The first-order chi connectivity index (χ1) is 8.70. The molecule has 0 aromatic rings. The minimum absolute atomic E-state index is 0.0759. The third-order valence-electron chi connectivity index (χ3n) is 4.43. The lowest BCUT2D eigenvalue weighted by Crippen LogP contribution is -2.50. The highest BCUT2D eigenvalue weighted by molar-refractivity contribution is 5.80. The highest BCUT2D eigenvalue weighted by Crippen LogP contribution is 2.21. The summed E-state index contributed by atoms with van der Waals surface area (Å²) in [6.45, 7) is 7.80. The van der Waals surface area contributed by atoms with Gasteiger partial charge in [0.2, 0.25) is 0 Å². The number of amides is 1. The van der Waals surface area contributed by atoms with Crippen molar-refractivity contribution < 1.29 is 4.79 Å². The van der Waals surface area contributed by atoms with Crippen LogP contribution in [0.1, 0.15) is 32.6 Å². The third-order valence-corrected chi connectivity index (χ3v) is 4.43. The molecule has 0 radical (unpaired) electrons. The zero-order valence-electron chi connectivity index (χ0n) is 11.4. The Bertz CT molecular complexity index is 270. The van der Waals surface area contributed by atoms with Gasteiger partial charge in [0, 0.05) is 6.54 Å². The Morgan fingerprint density at radius 2 is 1.89 bits per heavy atom. The van der Waals surface area contributed by atoms with Gasteiger partial charge < -0.3 is 4.90 Å². The number of nitrogens with two attached hydrogens (primary N) is 1. The molecule has 0 aromatic heterocycles. The summed E-state index contributed by atoms with van der Waals surface area (Å²) >= 11 is 0. The normalized spacial score (nSPS) is 25.2. The first-order valence-electron chi connectivity index (χ1n) is 7.17. The molecule has 1 amide bonds. The van der Waals surface area contributed by atoms with Crippen LogP contribution in [0.4, 0.5) is 0 Å². The standard InChI is InChI=1S/C13H26N4O/c1-11(13(18)15-14)17-8-4-12(5-9-17)10-16-6-2-3-7-16/h11-12H,2-10,14H2,1H3,(H,15,18). The Kier molecular flexibility index (Phi) is 4.97. The first-order valence-corrected chi connectivity index (χ1v) is 7.17. The van der Waals surface area contributed by atoms with Crippen LogP contribution in [0.5, 0.6) is 0 Å². The summed E-state index contributed by atoms with van der Waals surface area (Å²) in [5, 5.41) is 0. The Balaban J connectivity index is 1.72. The van der Waals surface area contributed by atoms with Gasteiger partial charge >= 0.3 is 0 Å². The third kappa shape index (κ3) is 3.43. The lowest BCUT2D eigenvalue weighted by atomic mass is 9.95. The lowest BCUT2D eigenvalue weighted by Gasteiger charge is -2.36. The minimum Gasteiger partial charge on any atom is -0.303 e. The predicted octanol–water partition coefficient (Wildman–Crippen LogP) is 0.173. The van der Waals surface area contributed by atoms with Crippen molar-refractivity contribution in [2.24, 2.45) is 11.8 Å². The van der Waals surface area contributed by atoms with E-state index in [0.717, 1.165) is 19.0 Å². The second-order valence-electron chi connectivity index (χ2n) is 5.67. The summed E-state index contributed by atoms with van der Waals surface area (Å²) in [4.78, 5) is 16.3. The zero-order chi connectivity index (χ0) is 13.0. The van der Waals surface area contributed by atoms with E-state index in [9.17, 15) is 4.79 Å². The Hall–Kier alpha value is -0.650. The van der Waals surface area contributed by atoms with Gasteiger partial charge in [0.1, 0.15) is 0 Å². The fourth-order valence-corrected chi connectivity index (χ4v) is 3.14. The van der Waals surface area contributed by atoms with Crippen molar-refractivity contribution in [3.8, 4) is 0 Å².